The van der Waals surface area contributed by atoms with Gasteiger partial charge in [-0.05, 0) is 51.0 Å². The lowest BCUT2D eigenvalue weighted by atomic mass is 10.0. The SMILES string of the molecule is CCn1c2ccccc2c2cc(NC(=O)C(C)OC(=O)C3CCOCC3)ccc21. The minimum atomic E-state index is -0.849. The van der Waals surface area contributed by atoms with Gasteiger partial charge in [-0.2, -0.15) is 0 Å². The summed E-state index contributed by atoms with van der Waals surface area (Å²) in [6, 6.07) is 14.1. The number of carbonyl (C=O) groups excluding carboxylic acids is 2. The van der Waals surface area contributed by atoms with Gasteiger partial charge in [0.25, 0.3) is 5.91 Å². The number of nitrogens with zero attached hydrogens (tertiary/aromatic N) is 1. The van der Waals surface area contributed by atoms with E-state index in [0.29, 0.717) is 31.7 Å². The molecule has 1 fully saturated rings. The van der Waals surface area contributed by atoms with Gasteiger partial charge in [-0.15, -0.1) is 0 Å². The van der Waals surface area contributed by atoms with Crippen LogP contribution in [0.3, 0.4) is 0 Å². The highest BCUT2D eigenvalue weighted by molar-refractivity contribution is 6.10. The van der Waals surface area contributed by atoms with Crippen molar-refractivity contribution >= 4 is 39.4 Å². The van der Waals surface area contributed by atoms with Gasteiger partial charge in [0.15, 0.2) is 6.10 Å². The van der Waals surface area contributed by atoms with Crippen LogP contribution in [0.25, 0.3) is 21.8 Å². The van der Waals surface area contributed by atoms with Crippen LogP contribution in [0, 0.1) is 5.92 Å². The Morgan fingerprint density at radius 1 is 1.14 bits per heavy atom. The molecule has 1 saturated heterocycles. The summed E-state index contributed by atoms with van der Waals surface area (Å²) in [5.74, 6) is -0.836. The van der Waals surface area contributed by atoms with Gasteiger partial charge < -0.3 is 19.4 Å². The molecular weight excluding hydrogens is 368 g/mol. The van der Waals surface area contributed by atoms with Gasteiger partial charge in [0, 0.05) is 47.3 Å². The number of nitrogens with one attached hydrogen (secondary N) is 1. The lowest BCUT2D eigenvalue weighted by Gasteiger charge is -2.22. The monoisotopic (exact) mass is 394 g/mol. The fraction of sp³-hybridized carbons (Fsp3) is 0.391. The number of fused-ring (bicyclic) bond motifs is 3. The van der Waals surface area contributed by atoms with Gasteiger partial charge in [0.05, 0.1) is 5.92 Å². The molecule has 3 aromatic rings. The molecule has 2 aromatic carbocycles. The second-order valence-electron chi connectivity index (χ2n) is 7.45. The summed E-state index contributed by atoms with van der Waals surface area (Å²) in [5, 5.41) is 5.13. The highest BCUT2D eigenvalue weighted by Crippen LogP contribution is 2.31. The Kier molecular flexibility index (Phi) is 5.53. The number of hydrogen-bond donors (Lipinski definition) is 1. The van der Waals surface area contributed by atoms with Crippen LogP contribution in [0.4, 0.5) is 5.69 Å². The van der Waals surface area contributed by atoms with Crippen LogP contribution in [0.5, 0.6) is 0 Å². The average molecular weight is 394 g/mol. The zero-order valence-electron chi connectivity index (χ0n) is 16.8. The van der Waals surface area contributed by atoms with Gasteiger partial charge in [-0.1, -0.05) is 18.2 Å². The molecule has 0 bridgehead atoms. The molecule has 2 heterocycles. The Hall–Kier alpha value is -2.86. The maximum atomic E-state index is 12.6. The molecule has 1 N–H and O–H groups in total. The Morgan fingerprint density at radius 3 is 2.62 bits per heavy atom. The maximum absolute atomic E-state index is 12.6. The number of carbonyl (C=O) groups is 2. The van der Waals surface area contributed by atoms with E-state index in [4.69, 9.17) is 9.47 Å². The number of ether oxygens (including phenoxy) is 2. The highest BCUT2D eigenvalue weighted by atomic mass is 16.5. The fourth-order valence-corrected chi connectivity index (χ4v) is 3.97. The van der Waals surface area contributed by atoms with E-state index in [-0.39, 0.29) is 17.8 Å². The van der Waals surface area contributed by atoms with Gasteiger partial charge >= 0.3 is 5.97 Å². The average Bonchev–Trinajstić information content (AvgIpc) is 3.07. The third-order valence-electron chi connectivity index (χ3n) is 5.57. The molecule has 0 spiro atoms. The minimum Gasteiger partial charge on any atom is -0.452 e. The Balaban J connectivity index is 1.50. The highest BCUT2D eigenvalue weighted by Gasteiger charge is 2.26. The quantitative estimate of drug-likeness (QED) is 0.661. The topological polar surface area (TPSA) is 69.6 Å². The number of esters is 1. The lowest BCUT2D eigenvalue weighted by Crippen LogP contribution is -2.34. The van der Waals surface area contributed by atoms with Crippen molar-refractivity contribution in [2.24, 2.45) is 5.92 Å². The third-order valence-corrected chi connectivity index (χ3v) is 5.57. The van der Waals surface area contributed by atoms with E-state index in [0.717, 1.165) is 22.8 Å². The number of benzene rings is 2. The molecule has 1 aliphatic heterocycles. The van der Waals surface area contributed by atoms with E-state index in [9.17, 15) is 9.59 Å². The number of anilines is 1. The van der Waals surface area contributed by atoms with Crippen molar-refractivity contribution in [3.05, 3.63) is 42.5 Å². The van der Waals surface area contributed by atoms with Crippen molar-refractivity contribution in [2.75, 3.05) is 18.5 Å². The number of amides is 1. The van der Waals surface area contributed by atoms with Gasteiger partial charge in [-0.3, -0.25) is 9.59 Å². The molecule has 1 unspecified atom stereocenters. The van der Waals surface area contributed by atoms with Crippen molar-refractivity contribution < 1.29 is 19.1 Å². The standard InChI is InChI=1S/C23H26N2O4/c1-3-25-20-7-5-4-6-18(20)19-14-17(8-9-21(19)25)24-22(26)15(2)29-23(27)16-10-12-28-13-11-16/h4-9,14-16H,3,10-13H2,1-2H3,(H,24,26). The molecular formula is C23H26N2O4. The smallest absolute Gasteiger partial charge is 0.309 e. The van der Waals surface area contributed by atoms with Crippen molar-refractivity contribution in [3.63, 3.8) is 0 Å². The molecule has 0 radical (unpaired) electrons. The first-order valence-electron chi connectivity index (χ1n) is 10.2. The second kappa shape index (κ2) is 8.25. The third kappa shape index (κ3) is 3.85. The van der Waals surface area contributed by atoms with E-state index in [2.05, 4.69) is 28.9 Å². The van der Waals surface area contributed by atoms with Crippen LogP contribution in [0.15, 0.2) is 42.5 Å². The number of hydrogen-bond acceptors (Lipinski definition) is 4. The van der Waals surface area contributed by atoms with Crippen molar-refractivity contribution in [1.82, 2.24) is 4.57 Å². The first-order valence-corrected chi connectivity index (χ1v) is 10.2. The van der Waals surface area contributed by atoms with E-state index >= 15 is 0 Å². The van der Waals surface area contributed by atoms with Crippen molar-refractivity contribution in [3.8, 4) is 0 Å². The number of aryl methyl sites for hydroxylation is 1. The summed E-state index contributed by atoms with van der Waals surface area (Å²) < 4.78 is 12.9. The first-order chi connectivity index (χ1) is 14.1. The molecule has 1 aromatic heterocycles. The van der Waals surface area contributed by atoms with E-state index in [1.165, 1.54) is 5.52 Å². The van der Waals surface area contributed by atoms with Crippen LogP contribution in [-0.4, -0.2) is 35.8 Å². The van der Waals surface area contributed by atoms with Gasteiger partial charge in [-0.25, -0.2) is 0 Å². The van der Waals surface area contributed by atoms with E-state index in [1.54, 1.807) is 6.92 Å². The van der Waals surface area contributed by atoms with Crippen LogP contribution in [0.2, 0.25) is 0 Å². The fourth-order valence-electron chi connectivity index (χ4n) is 3.97. The Labute approximate surface area is 169 Å². The van der Waals surface area contributed by atoms with Gasteiger partial charge in [0.2, 0.25) is 0 Å². The predicted molar refractivity (Wildman–Crippen MR) is 113 cm³/mol. The predicted octanol–water partition coefficient (Wildman–Crippen LogP) is 4.11. The van der Waals surface area contributed by atoms with Crippen molar-refractivity contribution in [2.45, 2.75) is 39.3 Å². The van der Waals surface area contributed by atoms with Gasteiger partial charge in [0.1, 0.15) is 0 Å². The summed E-state index contributed by atoms with van der Waals surface area (Å²) in [5.41, 5.74) is 2.99. The van der Waals surface area contributed by atoms with Crippen LogP contribution in [0.1, 0.15) is 26.7 Å². The molecule has 0 aliphatic carbocycles. The molecule has 1 amide bonds. The molecule has 152 valence electrons. The Morgan fingerprint density at radius 2 is 1.86 bits per heavy atom. The first kappa shape index (κ1) is 19.5. The van der Waals surface area contributed by atoms with Crippen LogP contribution in [-0.2, 0) is 25.6 Å². The van der Waals surface area contributed by atoms with E-state index in [1.807, 2.05) is 30.3 Å². The molecule has 4 rings (SSSR count). The largest absolute Gasteiger partial charge is 0.452 e. The number of rotatable bonds is 5. The zero-order valence-corrected chi connectivity index (χ0v) is 16.8. The Bertz CT molecular complexity index is 1050. The summed E-state index contributed by atoms with van der Waals surface area (Å²) in [6.07, 6.45) is 0.439. The normalized spacial score (nSPS) is 16.1. The molecule has 6 nitrogen and oxygen atoms in total. The summed E-state index contributed by atoms with van der Waals surface area (Å²) >= 11 is 0. The van der Waals surface area contributed by atoms with Crippen molar-refractivity contribution in [1.29, 1.82) is 0 Å². The lowest BCUT2D eigenvalue weighted by molar-refractivity contribution is -0.160. The van der Waals surface area contributed by atoms with E-state index < -0.39 is 6.10 Å². The van der Waals surface area contributed by atoms with Crippen LogP contribution < -0.4 is 5.32 Å². The second-order valence-corrected chi connectivity index (χ2v) is 7.45. The van der Waals surface area contributed by atoms with Crippen LogP contribution >= 0.6 is 0 Å². The molecule has 29 heavy (non-hydrogen) atoms. The summed E-state index contributed by atoms with van der Waals surface area (Å²) in [7, 11) is 0. The molecule has 1 aliphatic rings. The molecule has 1 atom stereocenters. The zero-order chi connectivity index (χ0) is 20.4. The maximum Gasteiger partial charge on any atom is 0.309 e. The minimum absolute atomic E-state index is 0.185. The number of aromatic nitrogens is 1. The number of para-hydroxylation sites is 1. The summed E-state index contributed by atoms with van der Waals surface area (Å²) in [6.45, 7) is 5.72. The molecule has 0 saturated carbocycles. The summed E-state index contributed by atoms with van der Waals surface area (Å²) in [4.78, 5) is 24.8. The molecule has 6 heteroatoms.